The molecule has 3 atom stereocenters. The third-order valence-corrected chi connectivity index (χ3v) is 4.01. The minimum atomic E-state index is -0.341. The first kappa shape index (κ1) is 11.2. The molecule has 0 radical (unpaired) electrons. The van der Waals surface area contributed by atoms with Gasteiger partial charge < -0.3 is 9.84 Å². The normalized spacial score (nSPS) is 33.6. The smallest absolute Gasteiger partial charge is 0.0951 e. The first-order valence-electron chi connectivity index (χ1n) is 6.36. The van der Waals surface area contributed by atoms with Crippen LogP contribution < -0.4 is 0 Å². The van der Waals surface area contributed by atoms with E-state index in [9.17, 15) is 5.11 Å². The van der Waals surface area contributed by atoms with Gasteiger partial charge in [-0.1, -0.05) is 24.3 Å². The molecule has 3 unspecified atom stereocenters. The van der Waals surface area contributed by atoms with Crippen LogP contribution in [0.4, 0.5) is 0 Å². The predicted octanol–water partition coefficient (Wildman–Crippen LogP) is 1.37. The standard InChI is InChI=1S/C14H19NO2/c1-10-9-17-7-6-15(10)13-8-11-4-2-3-5-12(11)14(13)16/h2-5,10,13-14,16H,6-9H2,1H3. The summed E-state index contributed by atoms with van der Waals surface area (Å²) in [7, 11) is 0. The zero-order valence-electron chi connectivity index (χ0n) is 10.2. The number of nitrogens with zero attached hydrogens (tertiary/aromatic N) is 1. The van der Waals surface area contributed by atoms with Gasteiger partial charge in [-0.2, -0.15) is 0 Å². The van der Waals surface area contributed by atoms with Crippen LogP contribution in [0.3, 0.4) is 0 Å². The van der Waals surface area contributed by atoms with Crippen molar-refractivity contribution in [3.05, 3.63) is 35.4 Å². The van der Waals surface area contributed by atoms with E-state index in [1.165, 1.54) is 5.56 Å². The Balaban J connectivity index is 1.83. The predicted molar refractivity (Wildman–Crippen MR) is 65.9 cm³/mol. The highest BCUT2D eigenvalue weighted by atomic mass is 16.5. The second kappa shape index (κ2) is 4.41. The average Bonchev–Trinajstić information content (AvgIpc) is 2.68. The van der Waals surface area contributed by atoms with Crippen LogP contribution in [0.5, 0.6) is 0 Å². The molecule has 1 aromatic rings. The Labute approximate surface area is 102 Å². The SMILES string of the molecule is CC1COCCN1C1Cc2ccccc2C1O. The van der Waals surface area contributed by atoms with Gasteiger partial charge in [0.1, 0.15) is 0 Å². The van der Waals surface area contributed by atoms with Gasteiger partial charge >= 0.3 is 0 Å². The van der Waals surface area contributed by atoms with Crippen LogP contribution in [0.25, 0.3) is 0 Å². The van der Waals surface area contributed by atoms with Crippen LogP contribution >= 0.6 is 0 Å². The Kier molecular flexibility index (Phi) is 2.90. The molecule has 1 fully saturated rings. The molecule has 0 bridgehead atoms. The Hall–Kier alpha value is -0.900. The number of benzene rings is 1. The molecule has 1 saturated heterocycles. The molecule has 92 valence electrons. The van der Waals surface area contributed by atoms with Crippen molar-refractivity contribution in [2.75, 3.05) is 19.8 Å². The lowest BCUT2D eigenvalue weighted by Gasteiger charge is -2.39. The number of morpholine rings is 1. The fraction of sp³-hybridized carbons (Fsp3) is 0.571. The molecule has 1 aliphatic heterocycles. The summed E-state index contributed by atoms with van der Waals surface area (Å²) in [5, 5.41) is 10.4. The highest BCUT2D eigenvalue weighted by molar-refractivity contribution is 5.36. The molecular formula is C14H19NO2. The molecule has 2 aliphatic rings. The van der Waals surface area contributed by atoms with Gasteiger partial charge in [-0.15, -0.1) is 0 Å². The summed E-state index contributed by atoms with van der Waals surface area (Å²) in [5.74, 6) is 0. The maximum absolute atomic E-state index is 10.4. The molecule has 3 nitrogen and oxygen atoms in total. The van der Waals surface area contributed by atoms with Gasteiger partial charge in [0.25, 0.3) is 0 Å². The lowest BCUT2D eigenvalue weighted by Crippen LogP contribution is -2.50. The van der Waals surface area contributed by atoms with Gasteiger partial charge in [0, 0.05) is 18.6 Å². The summed E-state index contributed by atoms with van der Waals surface area (Å²) >= 11 is 0. The average molecular weight is 233 g/mol. The third kappa shape index (κ3) is 1.88. The van der Waals surface area contributed by atoms with Gasteiger partial charge in [-0.05, 0) is 24.5 Å². The van der Waals surface area contributed by atoms with Crippen LogP contribution in [0.2, 0.25) is 0 Å². The lowest BCUT2D eigenvalue weighted by atomic mass is 10.1. The van der Waals surface area contributed by atoms with E-state index in [4.69, 9.17) is 4.74 Å². The number of ether oxygens (including phenoxy) is 1. The van der Waals surface area contributed by atoms with E-state index < -0.39 is 0 Å². The maximum atomic E-state index is 10.4. The highest BCUT2D eigenvalue weighted by Gasteiger charge is 2.37. The Bertz CT molecular complexity index is 407. The van der Waals surface area contributed by atoms with E-state index in [0.717, 1.165) is 31.7 Å². The molecule has 0 spiro atoms. The van der Waals surface area contributed by atoms with Crippen molar-refractivity contribution < 1.29 is 9.84 Å². The molecule has 1 heterocycles. The first-order chi connectivity index (χ1) is 8.27. The van der Waals surface area contributed by atoms with Crippen molar-refractivity contribution in [3.63, 3.8) is 0 Å². The minimum absolute atomic E-state index is 0.228. The third-order valence-electron chi connectivity index (χ3n) is 4.01. The minimum Gasteiger partial charge on any atom is -0.387 e. The molecule has 3 rings (SSSR count). The van der Waals surface area contributed by atoms with Crippen LogP contribution in [-0.2, 0) is 11.2 Å². The molecule has 1 aromatic carbocycles. The van der Waals surface area contributed by atoms with Gasteiger partial charge in [0.15, 0.2) is 0 Å². The van der Waals surface area contributed by atoms with E-state index in [1.54, 1.807) is 0 Å². The molecule has 1 aliphatic carbocycles. The summed E-state index contributed by atoms with van der Waals surface area (Å²) in [6.45, 7) is 4.66. The van der Waals surface area contributed by atoms with E-state index in [0.29, 0.717) is 6.04 Å². The quantitative estimate of drug-likeness (QED) is 0.795. The molecule has 1 N–H and O–H groups in total. The second-order valence-electron chi connectivity index (χ2n) is 5.08. The molecule has 0 saturated carbocycles. The zero-order chi connectivity index (χ0) is 11.8. The van der Waals surface area contributed by atoms with E-state index in [2.05, 4.69) is 24.0 Å². The summed E-state index contributed by atoms with van der Waals surface area (Å²) < 4.78 is 5.46. The summed E-state index contributed by atoms with van der Waals surface area (Å²) in [5.41, 5.74) is 2.40. The van der Waals surface area contributed by atoms with Crippen LogP contribution in [-0.4, -0.2) is 41.8 Å². The summed E-state index contributed by atoms with van der Waals surface area (Å²) in [6, 6.07) is 8.86. The van der Waals surface area contributed by atoms with Gasteiger partial charge in [-0.25, -0.2) is 0 Å². The topological polar surface area (TPSA) is 32.7 Å². The second-order valence-corrected chi connectivity index (χ2v) is 5.08. The van der Waals surface area contributed by atoms with E-state index >= 15 is 0 Å². The Morgan fingerprint density at radius 1 is 1.35 bits per heavy atom. The zero-order valence-corrected chi connectivity index (χ0v) is 10.2. The summed E-state index contributed by atoms with van der Waals surface area (Å²) in [6.07, 6.45) is 0.619. The number of aliphatic hydroxyl groups excluding tert-OH is 1. The number of hydrogen-bond donors (Lipinski definition) is 1. The van der Waals surface area contributed by atoms with Crippen molar-refractivity contribution in [1.82, 2.24) is 4.90 Å². The Morgan fingerprint density at radius 2 is 2.18 bits per heavy atom. The fourth-order valence-corrected chi connectivity index (χ4v) is 3.08. The molecule has 0 aromatic heterocycles. The van der Waals surface area contributed by atoms with Gasteiger partial charge in [0.2, 0.25) is 0 Å². The van der Waals surface area contributed by atoms with Crippen LogP contribution in [0, 0.1) is 0 Å². The van der Waals surface area contributed by atoms with Crippen molar-refractivity contribution in [2.45, 2.75) is 31.5 Å². The molecule has 3 heteroatoms. The molecule has 17 heavy (non-hydrogen) atoms. The van der Waals surface area contributed by atoms with Crippen molar-refractivity contribution >= 4 is 0 Å². The Morgan fingerprint density at radius 3 is 2.94 bits per heavy atom. The molecule has 0 amide bonds. The molecular weight excluding hydrogens is 214 g/mol. The van der Waals surface area contributed by atoms with Crippen molar-refractivity contribution in [1.29, 1.82) is 0 Å². The first-order valence-corrected chi connectivity index (χ1v) is 6.36. The number of fused-ring (bicyclic) bond motifs is 1. The van der Waals surface area contributed by atoms with Gasteiger partial charge in [0.05, 0.1) is 19.3 Å². The lowest BCUT2D eigenvalue weighted by molar-refractivity contribution is -0.0490. The number of hydrogen-bond acceptors (Lipinski definition) is 3. The van der Waals surface area contributed by atoms with Crippen molar-refractivity contribution in [3.8, 4) is 0 Å². The van der Waals surface area contributed by atoms with Crippen LogP contribution in [0.1, 0.15) is 24.2 Å². The van der Waals surface area contributed by atoms with Crippen LogP contribution in [0.15, 0.2) is 24.3 Å². The summed E-state index contributed by atoms with van der Waals surface area (Å²) in [4.78, 5) is 2.40. The highest BCUT2D eigenvalue weighted by Crippen LogP contribution is 2.35. The largest absolute Gasteiger partial charge is 0.387 e. The van der Waals surface area contributed by atoms with E-state index in [1.807, 2.05) is 12.1 Å². The number of aliphatic hydroxyl groups is 1. The van der Waals surface area contributed by atoms with Gasteiger partial charge in [-0.3, -0.25) is 4.90 Å². The van der Waals surface area contributed by atoms with E-state index in [-0.39, 0.29) is 12.1 Å². The number of rotatable bonds is 1. The fourth-order valence-electron chi connectivity index (χ4n) is 3.08. The van der Waals surface area contributed by atoms with Crippen molar-refractivity contribution in [2.24, 2.45) is 0 Å². The maximum Gasteiger partial charge on any atom is 0.0951 e. The monoisotopic (exact) mass is 233 g/mol.